The van der Waals surface area contributed by atoms with Crippen LogP contribution in [0.4, 0.5) is 0 Å². The summed E-state index contributed by atoms with van der Waals surface area (Å²) in [6.45, 7) is 5.11. The highest BCUT2D eigenvalue weighted by Crippen LogP contribution is 2.37. The van der Waals surface area contributed by atoms with Crippen LogP contribution in [0.5, 0.6) is 0 Å². The Morgan fingerprint density at radius 3 is 2.48 bits per heavy atom. The van der Waals surface area contributed by atoms with Crippen molar-refractivity contribution in [2.75, 3.05) is 19.6 Å². The lowest BCUT2D eigenvalue weighted by Gasteiger charge is -2.26. The normalized spacial score (nSPS) is 20.5. The van der Waals surface area contributed by atoms with Crippen molar-refractivity contribution in [3.8, 4) is 0 Å². The number of likely N-dealkylation sites (tertiary alicyclic amines) is 1. The fourth-order valence-electron chi connectivity index (χ4n) is 4.68. The average Bonchev–Trinajstić information content (AvgIpc) is 3.24. The van der Waals surface area contributed by atoms with E-state index in [1.807, 2.05) is 0 Å². The smallest absolute Gasteiger partial charge is 0.0482 e. The van der Waals surface area contributed by atoms with Crippen LogP contribution < -0.4 is 0 Å². The number of piperidine rings is 1. The summed E-state index contributed by atoms with van der Waals surface area (Å²) in [5.41, 5.74) is 3.07. The van der Waals surface area contributed by atoms with E-state index < -0.39 is 0 Å². The van der Waals surface area contributed by atoms with E-state index >= 15 is 0 Å². The zero-order chi connectivity index (χ0) is 15.5. The molecule has 23 heavy (non-hydrogen) atoms. The van der Waals surface area contributed by atoms with Crippen LogP contribution in [0.15, 0.2) is 30.3 Å². The predicted octanol–water partition coefficient (Wildman–Crippen LogP) is 5.17. The summed E-state index contributed by atoms with van der Waals surface area (Å²) in [6, 6.07) is 11.5. The van der Waals surface area contributed by atoms with Gasteiger partial charge in [-0.25, -0.2) is 0 Å². The fourth-order valence-corrected chi connectivity index (χ4v) is 4.68. The van der Waals surface area contributed by atoms with E-state index in [0.29, 0.717) is 0 Å². The van der Waals surface area contributed by atoms with Gasteiger partial charge in [-0.15, -0.1) is 0 Å². The first kappa shape index (κ1) is 15.3. The van der Waals surface area contributed by atoms with Crippen molar-refractivity contribution in [3.63, 3.8) is 0 Å². The summed E-state index contributed by atoms with van der Waals surface area (Å²) in [6.07, 6.45) is 11.1. The zero-order valence-electron chi connectivity index (χ0n) is 14.3. The number of aromatic nitrogens is 1. The molecule has 0 unspecified atom stereocenters. The van der Waals surface area contributed by atoms with Gasteiger partial charge in [0.1, 0.15) is 0 Å². The molecule has 0 N–H and O–H groups in total. The van der Waals surface area contributed by atoms with Gasteiger partial charge in [-0.3, -0.25) is 0 Å². The van der Waals surface area contributed by atoms with Crippen molar-refractivity contribution in [3.05, 3.63) is 36.0 Å². The van der Waals surface area contributed by atoms with Crippen LogP contribution in [0, 0.1) is 0 Å². The maximum absolute atomic E-state index is 2.67. The van der Waals surface area contributed by atoms with E-state index in [2.05, 4.69) is 39.8 Å². The number of hydrogen-bond donors (Lipinski definition) is 0. The van der Waals surface area contributed by atoms with E-state index in [4.69, 9.17) is 0 Å². The molecule has 0 spiro atoms. The van der Waals surface area contributed by atoms with Gasteiger partial charge in [0.15, 0.2) is 0 Å². The molecular weight excluding hydrogens is 280 g/mol. The minimum Gasteiger partial charge on any atom is -0.344 e. The molecule has 4 rings (SSSR count). The van der Waals surface area contributed by atoms with Crippen LogP contribution in [-0.2, 0) is 6.54 Å². The first-order chi connectivity index (χ1) is 11.4. The number of fused-ring (bicyclic) bond motifs is 1. The highest BCUT2D eigenvalue weighted by molar-refractivity contribution is 5.81. The topological polar surface area (TPSA) is 8.17 Å². The number of para-hydroxylation sites is 1. The third-order valence-electron chi connectivity index (χ3n) is 5.92. The number of rotatable bonds is 5. The Bertz CT molecular complexity index is 630. The quantitative estimate of drug-likeness (QED) is 0.739. The molecule has 1 aromatic carbocycles. The maximum Gasteiger partial charge on any atom is 0.0482 e. The van der Waals surface area contributed by atoms with E-state index in [9.17, 15) is 0 Å². The number of aryl methyl sites for hydroxylation is 1. The number of hydrogen-bond acceptors (Lipinski definition) is 1. The van der Waals surface area contributed by atoms with E-state index in [1.54, 1.807) is 5.69 Å². The lowest BCUT2D eigenvalue weighted by Crippen LogP contribution is -2.31. The molecule has 2 aliphatic rings. The molecule has 1 aromatic heterocycles. The summed E-state index contributed by atoms with van der Waals surface area (Å²) >= 11 is 0. The number of nitrogens with zero attached hydrogens (tertiary/aromatic N) is 2. The third kappa shape index (κ3) is 3.33. The Balaban J connectivity index is 1.50. The second kappa shape index (κ2) is 7.09. The Hall–Kier alpha value is -1.28. The van der Waals surface area contributed by atoms with Crippen molar-refractivity contribution in [1.82, 2.24) is 9.47 Å². The molecule has 2 heterocycles. The molecule has 1 aliphatic heterocycles. The minimum atomic E-state index is 0.803. The highest BCUT2D eigenvalue weighted by Gasteiger charge is 2.22. The van der Waals surface area contributed by atoms with Crippen molar-refractivity contribution >= 4 is 10.9 Å². The highest BCUT2D eigenvalue weighted by atomic mass is 15.1. The first-order valence-corrected chi connectivity index (χ1v) is 9.72. The van der Waals surface area contributed by atoms with Gasteiger partial charge in [0.2, 0.25) is 0 Å². The lowest BCUT2D eigenvalue weighted by molar-refractivity contribution is 0.223. The average molecular weight is 310 g/mol. The van der Waals surface area contributed by atoms with Crippen molar-refractivity contribution < 1.29 is 0 Å². The molecule has 0 radical (unpaired) electrons. The van der Waals surface area contributed by atoms with Crippen molar-refractivity contribution in [2.45, 2.75) is 63.8 Å². The van der Waals surface area contributed by atoms with Gasteiger partial charge in [-0.05, 0) is 75.2 Å². The third-order valence-corrected chi connectivity index (χ3v) is 5.92. The summed E-state index contributed by atoms with van der Waals surface area (Å²) in [7, 11) is 0. The molecule has 2 nitrogen and oxygen atoms in total. The Morgan fingerprint density at radius 2 is 1.65 bits per heavy atom. The number of benzene rings is 1. The Kier molecular flexibility index (Phi) is 4.70. The van der Waals surface area contributed by atoms with E-state index in [1.165, 1.54) is 88.4 Å². The van der Waals surface area contributed by atoms with Gasteiger partial charge >= 0.3 is 0 Å². The summed E-state index contributed by atoms with van der Waals surface area (Å²) in [5, 5.41) is 1.44. The van der Waals surface area contributed by atoms with Gasteiger partial charge < -0.3 is 9.47 Å². The van der Waals surface area contributed by atoms with Gasteiger partial charge in [0, 0.05) is 17.8 Å². The standard InChI is InChI=1S/C21H30N2/c1-6-13-22(14-7-1)15-8-16-23-20-12-5-4-11-19(20)17-21(23)18-9-2-3-10-18/h4-5,11-12,17-18H,1-3,6-10,13-16H2. The Labute approximate surface area is 140 Å². The molecule has 2 fully saturated rings. The summed E-state index contributed by atoms with van der Waals surface area (Å²) < 4.78 is 2.65. The molecule has 1 aliphatic carbocycles. The first-order valence-electron chi connectivity index (χ1n) is 9.72. The summed E-state index contributed by atoms with van der Waals surface area (Å²) in [5.74, 6) is 0.803. The minimum absolute atomic E-state index is 0.803. The predicted molar refractivity (Wildman–Crippen MR) is 98.1 cm³/mol. The molecule has 1 saturated carbocycles. The van der Waals surface area contributed by atoms with Crippen LogP contribution in [-0.4, -0.2) is 29.1 Å². The van der Waals surface area contributed by atoms with Gasteiger partial charge in [0.05, 0.1) is 0 Å². The fraction of sp³-hybridized carbons (Fsp3) is 0.619. The largest absolute Gasteiger partial charge is 0.344 e. The second-order valence-corrected chi connectivity index (χ2v) is 7.52. The maximum atomic E-state index is 2.67. The van der Waals surface area contributed by atoms with Crippen LogP contribution in [0.3, 0.4) is 0 Å². The monoisotopic (exact) mass is 310 g/mol. The molecule has 0 atom stereocenters. The van der Waals surface area contributed by atoms with Crippen molar-refractivity contribution in [2.24, 2.45) is 0 Å². The zero-order valence-corrected chi connectivity index (χ0v) is 14.3. The molecule has 2 heteroatoms. The molecule has 2 aromatic rings. The second-order valence-electron chi connectivity index (χ2n) is 7.52. The van der Waals surface area contributed by atoms with Crippen LogP contribution in [0.1, 0.15) is 63.0 Å². The molecular formula is C21H30N2. The van der Waals surface area contributed by atoms with E-state index in [0.717, 1.165) is 5.92 Å². The van der Waals surface area contributed by atoms with Crippen molar-refractivity contribution in [1.29, 1.82) is 0 Å². The SMILES string of the molecule is c1ccc2c(c1)cc(C1CCCC1)n2CCCN1CCCCC1. The molecule has 124 valence electrons. The molecule has 0 bridgehead atoms. The summed E-state index contributed by atoms with van der Waals surface area (Å²) in [4.78, 5) is 2.67. The lowest BCUT2D eigenvalue weighted by atomic mass is 10.0. The van der Waals surface area contributed by atoms with Crippen LogP contribution in [0.2, 0.25) is 0 Å². The molecule has 1 saturated heterocycles. The van der Waals surface area contributed by atoms with Gasteiger partial charge in [-0.1, -0.05) is 37.5 Å². The molecule has 0 amide bonds. The van der Waals surface area contributed by atoms with Crippen LogP contribution >= 0.6 is 0 Å². The van der Waals surface area contributed by atoms with Gasteiger partial charge in [0.25, 0.3) is 0 Å². The van der Waals surface area contributed by atoms with E-state index in [-0.39, 0.29) is 0 Å². The van der Waals surface area contributed by atoms with Crippen LogP contribution in [0.25, 0.3) is 10.9 Å². The van der Waals surface area contributed by atoms with Gasteiger partial charge in [-0.2, -0.15) is 0 Å². The Morgan fingerprint density at radius 1 is 0.870 bits per heavy atom.